The Morgan fingerprint density at radius 2 is 1.74 bits per heavy atom. The van der Waals surface area contributed by atoms with E-state index in [9.17, 15) is 0 Å². The minimum Gasteiger partial charge on any atom is -0.331 e. The molecular formula is C15H15IN2S. The smallest absolute Gasteiger partial charge is 0.177 e. The van der Waals surface area contributed by atoms with Crippen LogP contribution in [0.3, 0.4) is 0 Å². The Morgan fingerprint density at radius 1 is 1.11 bits per heavy atom. The summed E-state index contributed by atoms with van der Waals surface area (Å²) in [6.45, 7) is 2.93. The predicted octanol–water partition coefficient (Wildman–Crippen LogP) is 4.51. The number of hydrogen-bond donors (Lipinski definition) is 1. The topological polar surface area (TPSA) is 15.3 Å². The van der Waals surface area contributed by atoms with E-state index >= 15 is 0 Å². The van der Waals surface area contributed by atoms with Crippen molar-refractivity contribution in [1.29, 1.82) is 0 Å². The van der Waals surface area contributed by atoms with Crippen LogP contribution in [-0.2, 0) is 0 Å². The van der Waals surface area contributed by atoms with Crippen LogP contribution in [0.4, 0.5) is 11.4 Å². The zero-order valence-electron chi connectivity index (χ0n) is 10.6. The average Bonchev–Trinajstić information content (AvgIpc) is 2.43. The zero-order chi connectivity index (χ0) is 13.7. The highest BCUT2D eigenvalue weighted by Gasteiger charge is 2.10. The van der Waals surface area contributed by atoms with Crippen molar-refractivity contribution in [2.75, 3.05) is 16.8 Å². The largest absolute Gasteiger partial charge is 0.331 e. The maximum absolute atomic E-state index is 5.51. The van der Waals surface area contributed by atoms with E-state index in [0.717, 1.165) is 26.6 Å². The summed E-state index contributed by atoms with van der Waals surface area (Å²) in [6, 6.07) is 18.3. The van der Waals surface area contributed by atoms with E-state index in [-0.39, 0.29) is 0 Å². The van der Waals surface area contributed by atoms with Gasteiger partial charge in [0.2, 0.25) is 0 Å². The molecule has 0 aliphatic carbocycles. The summed E-state index contributed by atoms with van der Waals surface area (Å²) < 4.78 is 1.16. The van der Waals surface area contributed by atoms with Gasteiger partial charge in [0.05, 0.1) is 5.69 Å². The van der Waals surface area contributed by atoms with Crippen LogP contribution in [0.2, 0.25) is 0 Å². The third kappa shape index (κ3) is 3.67. The maximum Gasteiger partial charge on any atom is 0.177 e. The highest BCUT2D eigenvalue weighted by atomic mass is 127. The van der Waals surface area contributed by atoms with Crippen molar-refractivity contribution in [3.05, 3.63) is 58.2 Å². The van der Waals surface area contributed by atoms with E-state index in [2.05, 4.69) is 57.9 Å². The van der Waals surface area contributed by atoms with Gasteiger partial charge in [-0.25, -0.2) is 0 Å². The molecule has 2 aromatic carbocycles. The fraction of sp³-hybridized carbons (Fsp3) is 0.133. The number of rotatable bonds is 3. The van der Waals surface area contributed by atoms with Crippen LogP contribution < -0.4 is 10.2 Å². The van der Waals surface area contributed by atoms with Crippen molar-refractivity contribution in [1.82, 2.24) is 0 Å². The van der Waals surface area contributed by atoms with Crippen LogP contribution in [0.1, 0.15) is 6.92 Å². The number of nitrogens with one attached hydrogen (secondary N) is 1. The second-order valence-electron chi connectivity index (χ2n) is 3.99. The van der Waals surface area contributed by atoms with E-state index in [0.29, 0.717) is 0 Å². The fourth-order valence-corrected chi connectivity index (χ4v) is 2.66. The first kappa shape index (κ1) is 14.3. The zero-order valence-corrected chi connectivity index (χ0v) is 13.6. The van der Waals surface area contributed by atoms with Crippen LogP contribution in [0.5, 0.6) is 0 Å². The summed E-state index contributed by atoms with van der Waals surface area (Å²) in [5.41, 5.74) is 2.15. The molecular weight excluding hydrogens is 367 g/mol. The Morgan fingerprint density at radius 3 is 2.37 bits per heavy atom. The van der Waals surface area contributed by atoms with Gasteiger partial charge in [-0.15, -0.1) is 0 Å². The minimum atomic E-state index is 0.720. The number of halogens is 1. The second kappa shape index (κ2) is 6.86. The molecule has 0 saturated heterocycles. The van der Waals surface area contributed by atoms with Crippen molar-refractivity contribution >= 4 is 51.3 Å². The molecule has 0 unspecified atom stereocenters. The van der Waals surface area contributed by atoms with Crippen molar-refractivity contribution < 1.29 is 0 Å². The standard InChI is InChI=1S/C15H15IN2S/c1-2-18(12-8-4-3-5-9-12)15(19)17-14-11-7-6-10-13(14)16/h3-11H,2H2,1H3,(H,17,19). The van der Waals surface area contributed by atoms with E-state index in [1.807, 2.05) is 36.4 Å². The quantitative estimate of drug-likeness (QED) is 0.621. The van der Waals surface area contributed by atoms with Gasteiger partial charge in [-0.1, -0.05) is 30.3 Å². The average molecular weight is 382 g/mol. The molecule has 0 aliphatic heterocycles. The van der Waals surface area contributed by atoms with Gasteiger partial charge in [0.15, 0.2) is 5.11 Å². The monoisotopic (exact) mass is 382 g/mol. The molecule has 0 amide bonds. The lowest BCUT2D eigenvalue weighted by molar-refractivity contribution is 1.07. The van der Waals surface area contributed by atoms with Crippen molar-refractivity contribution in [3.63, 3.8) is 0 Å². The molecule has 0 radical (unpaired) electrons. The molecule has 0 spiro atoms. The Bertz CT molecular complexity index is 557. The number of thiocarbonyl (C=S) groups is 1. The Labute approximate surface area is 133 Å². The molecule has 0 saturated carbocycles. The third-order valence-electron chi connectivity index (χ3n) is 2.74. The van der Waals surface area contributed by atoms with Crippen LogP contribution in [0.25, 0.3) is 0 Å². The molecule has 2 nitrogen and oxygen atoms in total. The van der Waals surface area contributed by atoms with Gasteiger partial charge >= 0.3 is 0 Å². The van der Waals surface area contributed by atoms with Crippen LogP contribution >= 0.6 is 34.8 Å². The number of anilines is 2. The molecule has 2 aromatic rings. The first-order valence-electron chi connectivity index (χ1n) is 6.10. The molecule has 4 heteroatoms. The molecule has 1 N–H and O–H groups in total. The Kier molecular flexibility index (Phi) is 5.15. The fourth-order valence-electron chi connectivity index (χ4n) is 1.80. The molecule has 19 heavy (non-hydrogen) atoms. The second-order valence-corrected chi connectivity index (χ2v) is 5.54. The highest BCUT2D eigenvalue weighted by molar-refractivity contribution is 14.1. The van der Waals surface area contributed by atoms with E-state index in [4.69, 9.17) is 12.2 Å². The molecule has 0 aliphatic rings. The molecule has 2 rings (SSSR count). The summed E-state index contributed by atoms with van der Waals surface area (Å²) in [4.78, 5) is 2.08. The highest BCUT2D eigenvalue weighted by Crippen LogP contribution is 2.19. The van der Waals surface area contributed by atoms with Gasteiger partial charge in [-0.05, 0) is 66.0 Å². The van der Waals surface area contributed by atoms with Crippen LogP contribution in [0.15, 0.2) is 54.6 Å². The number of nitrogens with zero attached hydrogens (tertiary/aromatic N) is 1. The van der Waals surface area contributed by atoms with Crippen LogP contribution in [0, 0.1) is 3.57 Å². The molecule has 0 atom stereocenters. The third-order valence-corrected chi connectivity index (χ3v) is 4.01. The lowest BCUT2D eigenvalue weighted by atomic mass is 10.3. The van der Waals surface area contributed by atoms with E-state index in [1.54, 1.807) is 0 Å². The van der Waals surface area contributed by atoms with Crippen molar-refractivity contribution in [3.8, 4) is 0 Å². The molecule has 0 heterocycles. The number of benzene rings is 2. The van der Waals surface area contributed by atoms with Gasteiger partial charge in [0.1, 0.15) is 0 Å². The van der Waals surface area contributed by atoms with Gasteiger partial charge in [0.25, 0.3) is 0 Å². The summed E-state index contributed by atoms with van der Waals surface area (Å²) in [5, 5.41) is 4.03. The first-order chi connectivity index (χ1) is 9.22. The van der Waals surface area contributed by atoms with Crippen molar-refractivity contribution in [2.45, 2.75) is 6.92 Å². The summed E-state index contributed by atoms with van der Waals surface area (Å²) in [7, 11) is 0. The lowest BCUT2D eigenvalue weighted by Crippen LogP contribution is -2.34. The molecule has 0 aromatic heterocycles. The lowest BCUT2D eigenvalue weighted by Gasteiger charge is -2.24. The van der Waals surface area contributed by atoms with Gasteiger partial charge < -0.3 is 10.2 Å². The van der Waals surface area contributed by atoms with Crippen LogP contribution in [-0.4, -0.2) is 11.7 Å². The Balaban J connectivity index is 2.17. The SMILES string of the molecule is CCN(C(=S)Nc1ccccc1I)c1ccccc1. The number of para-hydroxylation sites is 2. The maximum atomic E-state index is 5.51. The van der Waals surface area contributed by atoms with Gasteiger partial charge in [0, 0.05) is 15.8 Å². The summed E-state index contributed by atoms with van der Waals surface area (Å²) in [5.74, 6) is 0. The van der Waals surface area contributed by atoms with Gasteiger partial charge in [-0.2, -0.15) is 0 Å². The summed E-state index contributed by atoms with van der Waals surface area (Å²) in [6.07, 6.45) is 0. The summed E-state index contributed by atoms with van der Waals surface area (Å²) >= 11 is 7.81. The Hall–Kier alpha value is -1.14. The minimum absolute atomic E-state index is 0.720. The number of hydrogen-bond acceptors (Lipinski definition) is 1. The molecule has 98 valence electrons. The first-order valence-corrected chi connectivity index (χ1v) is 7.59. The van der Waals surface area contributed by atoms with E-state index in [1.165, 1.54) is 0 Å². The van der Waals surface area contributed by atoms with Crippen molar-refractivity contribution in [2.24, 2.45) is 0 Å². The normalized spacial score (nSPS) is 10.0. The molecule has 0 fully saturated rings. The predicted molar refractivity (Wildman–Crippen MR) is 94.8 cm³/mol. The van der Waals surface area contributed by atoms with E-state index < -0.39 is 0 Å². The van der Waals surface area contributed by atoms with Gasteiger partial charge in [-0.3, -0.25) is 0 Å². The molecule has 0 bridgehead atoms.